The first-order valence-electron chi connectivity index (χ1n) is 14.9. The fourth-order valence-corrected chi connectivity index (χ4v) is 4.93. The lowest BCUT2D eigenvalue weighted by atomic mass is 9.83. The van der Waals surface area contributed by atoms with E-state index in [1.807, 2.05) is 0 Å². The molecule has 47 heavy (non-hydrogen) atoms. The van der Waals surface area contributed by atoms with Gasteiger partial charge < -0.3 is 19.3 Å². The van der Waals surface area contributed by atoms with Crippen molar-refractivity contribution in [2.75, 3.05) is 13.2 Å². The van der Waals surface area contributed by atoms with Gasteiger partial charge in [0.05, 0.1) is 6.61 Å². The molecule has 0 fully saturated rings. The van der Waals surface area contributed by atoms with E-state index in [0.29, 0.717) is 29.9 Å². The summed E-state index contributed by atoms with van der Waals surface area (Å²) in [7, 11) is 0. The van der Waals surface area contributed by atoms with Gasteiger partial charge in [-0.05, 0) is 74.7 Å². The van der Waals surface area contributed by atoms with Crippen molar-refractivity contribution in [2.45, 2.75) is 63.8 Å². The summed E-state index contributed by atoms with van der Waals surface area (Å²) in [4.78, 5) is 34.8. The predicted molar refractivity (Wildman–Crippen MR) is 168 cm³/mol. The summed E-state index contributed by atoms with van der Waals surface area (Å²) in [5.74, 6) is -2.25. The van der Waals surface area contributed by atoms with Crippen molar-refractivity contribution in [3.63, 3.8) is 0 Å². The number of halogens is 2. The number of aliphatic imine (C=N–C) groups is 1. The molecule has 1 aliphatic heterocycles. The van der Waals surface area contributed by atoms with E-state index in [-0.39, 0.29) is 43.1 Å². The van der Waals surface area contributed by atoms with Crippen molar-refractivity contribution < 1.29 is 37.7 Å². The number of hydrogen-bond acceptors (Lipinski definition) is 9. The van der Waals surface area contributed by atoms with Crippen molar-refractivity contribution in [3.8, 4) is 5.75 Å². The van der Waals surface area contributed by atoms with Crippen LogP contribution in [0.2, 0.25) is 0 Å². The van der Waals surface area contributed by atoms with E-state index in [9.17, 15) is 23.9 Å². The van der Waals surface area contributed by atoms with Gasteiger partial charge in [-0.2, -0.15) is 0 Å². The Balaban J connectivity index is 1.74. The number of aliphatic hydroxyl groups excluding tert-OH is 1. The average Bonchev–Trinajstić information content (AvgIpc) is 3.40. The van der Waals surface area contributed by atoms with Gasteiger partial charge in [-0.15, -0.1) is 0 Å². The number of benzene rings is 3. The molecular formula is C33H36F2N6O6. The van der Waals surface area contributed by atoms with Crippen LogP contribution >= 0.6 is 0 Å². The molecule has 0 saturated carbocycles. The number of carbonyl (C=O) groups excluding carboxylic acids is 2. The maximum absolute atomic E-state index is 14.2. The lowest BCUT2D eigenvalue weighted by Crippen LogP contribution is -2.52. The Labute approximate surface area is 270 Å². The van der Waals surface area contributed by atoms with Gasteiger partial charge in [0.25, 0.3) is 5.91 Å². The average molecular weight is 651 g/mol. The highest BCUT2D eigenvalue weighted by Crippen LogP contribution is 2.46. The van der Waals surface area contributed by atoms with E-state index in [1.54, 1.807) is 69.3 Å². The van der Waals surface area contributed by atoms with E-state index in [2.05, 4.69) is 20.9 Å². The Kier molecular flexibility index (Phi) is 11.5. The number of azide groups is 1. The van der Waals surface area contributed by atoms with Crippen LogP contribution in [-0.2, 0) is 25.6 Å². The van der Waals surface area contributed by atoms with Crippen molar-refractivity contribution in [3.05, 3.63) is 105 Å². The third-order valence-corrected chi connectivity index (χ3v) is 6.95. The summed E-state index contributed by atoms with van der Waals surface area (Å²) in [6, 6.07) is 16.2. The number of aliphatic hydroxyl groups is 1. The van der Waals surface area contributed by atoms with Gasteiger partial charge in [0.15, 0.2) is 11.6 Å². The minimum atomic E-state index is -1.82. The van der Waals surface area contributed by atoms with Crippen molar-refractivity contribution in [1.82, 2.24) is 10.9 Å². The molecule has 0 spiro atoms. The molecule has 0 saturated heterocycles. The summed E-state index contributed by atoms with van der Waals surface area (Å²) in [6.07, 6.45) is -1.15. The fraction of sp³-hybridized carbons (Fsp3) is 0.364. The molecule has 1 heterocycles. The molecule has 3 N–H and O–H groups in total. The Morgan fingerprint density at radius 1 is 1.11 bits per heavy atom. The normalized spacial score (nSPS) is 17.2. The molecule has 0 radical (unpaired) electrons. The molecule has 0 bridgehead atoms. The number of esters is 1. The van der Waals surface area contributed by atoms with Crippen LogP contribution in [0.1, 0.15) is 62.8 Å². The first-order valence-corrected chi connectivity index (χ1v) is 14.9. The van der Waals surface area contributed by atoms with Crippen molar-refractivity contribution in [1.29, 1.82) is 0 Å². The van der Waals surface area contributed by atoms with E-state index in [1.165, 1.54) is 0 Å². The number of hydrazine groups is 1. The number of nitrogens with one attached hydrogen (secondary N) is 2. The van der Waals surface area contributed by atoms with E-state index in [0.717, 1.165) is 18.2 Å². The molecule has 3 aromatic carbocycles. The molecular weight excluding hydrogens is 614 g/mol. The van der Waals surface area contributed by atoms with Gasteiger partial charge in [0, 0.05) is 53.8 Å². The predicted octanol–water partition coefficient (Wildman–Crippen LogP) is 5.87. The smallest absolute Gasteiger partial charge is 0.306 e. The Morgan fingerprint density at radius 2 is 1.81 bits per heavy atom. The number of nitrogens with zero attached hydrogens (tertiary/aromatic N) is 4. The maximum atomic E-state index is 14.2. The molecule has 248 valence electrons. The summed E-state index contributed by atoms with van der Waals surface area (Å²) in [5, 5.41) is 12.8. The van der Waals surface area contributed by atoms with Gasteiger partial charge in [0.1, 0.15) is 23.0 Å². The summed E-state index contributed by atoms with van der Waals surface area (Å²) in [6.45, 7) is 5.32. The lowest BCUT2D eigenvalue weighted by molar-refractivity contribution is -0.155. The highest BCUT2D eigenvalue weighted by atomic mass is 19.1. The summed E-state index contributed by atoms with van der Waals surface area (Å²) in [5.41, 5.74) is 13.2. The molecule has 0 aliphatic carbocycles. The van der Waals surface area contributed by atoms with Crippen LogP contribution in [0.25, 0.3) is 10.4 Å². The van der Waals surface area contributed by atoms with Gasteiger partial charge in [-0.1, -0.05) is 29.4 Å². The Bertz CT molecular complexity index is 1640. The topological polar surface area (TPSA) is 167 Å². The van der Waals surface area contributed by atoms with Crippen molar-refractivity contribution in [2.24, 2.45) is 10.1 Å². The minimum Gasteiger partial charge on any atom is -0.494 e. The third kappa shape index (κ3) is 9.26. The van der Waals surface area contributed by atoms with Gasteiger partial charge >= 0.3 is 5.97 Å². The molecule has 4 rings (SSSR count). The monoisotopic (exact) mass is 650 g/mol. The maximum Gasteiger partial charge on any atom is 0.306 e. The molecule has 0 aromatic heterocycles. The van der Waals surface area contributed by atoms with E-state index in [4.69, 9.17) is 24.3 Å². The zero-order chi connectivity index (χ0) is 34.0. The molecule has 12 nitrogen and oxygen atoms in total. The van der Waals surface area contributed by atoms with Gasteiger partial charge in [-0.3, -0.25) is 15.0 Å². The van der Waals surface area contributed by atoms with Crippen LogP contribution in [0.5, 0.6) is 5.75 Å². The number of rotatable bonds is 14. The molecule has 2 atom stereocenters. The molecule has 1 amide bonds. The van der Waals surface area contributed by atoms with Crippen LogP contribution in [0.15, 0.2) is 76.8 Å². The number of carbonyl (C=O) groups is 2. The van der Waals surface area contributed by atoms with E-state index < -0.39 is 40.8 Å². The zero-order valence-corrected chi connectivity index (χ0v) is 26.2. The third-order valence-electron chi connectivity index (χ3n) is 6.95. The summed E-state index contributed by atoms with van der Waals surface area (Å²) >= 11 is 0. The fourth-order valence-electron chi connectivity index (χ4n) is 4.93. The van der Waals surface area contributed by atoms with Gasteiger partial charge in [-0.25, -0.2) is 19.2 Å². The quantitative estimate of drug-likeness (QED) is 0.0490. The van der Waals surface area contributed by atoms with E-state index >= 15 is 0 Å². The number of hydrogen-bond donors (Lipinski definition) is 3. The van der Waals surface area contributed by atoms with Crippen LogP contribution in [0.3, 0.4) is 0 Å². The first-order chi connectivity index (χ1) is 22.4. The van der Waals surface area contributed by atoms with Gasteiger partial charge in [0.2, 0.25) is 5.90 Å². The summed E-state index contributed by atoms with van der Waals surface area (Å²) < 4.78 is 45.1. The second-order valence-corrected chi connectivity index (χ2v) is 11.7. The van der Waals surface area contributed by atoms with Crippen molar-refractivity contribution >= 4 is 23.5 Å². The highest BCUT2D eigenvalue weighted by Gasteiger charge is 2.54. The van der Waals surface area contributed by atoms with Crippen LogP contribution < -0.4 is 15.6 Å². The molecule has 14 heteroatoms. The minimum absolute atomic E-state index is 0.0110. The SMILES string of the molecule is CC(C)(C)OC(=O)CC[C@]1(C(=O)NNCc2cc(F)cc(F)c2)N=C(c2ccc(OCCCO)cc2)O[C@H]1c1ccccc1N=[N+]=[N-]. The Hall–Kier alpha value is -5.04. The molecule has 0 unspecified atom stereocenters. The largest absolute Gasteiger partial charge is 0.494 e. The first kappa shape index (κ1) is 34.8. The van der Waals surface area contributed by atoms with Crippen LogP contribution in [-0.4, -0.2) is 47.2 Å². The molecule has 1 aliphatic rings. The highest BCUT2D eigenvalue weighted by molar-refractivity contribution is 6.01. The second-order valence-electron chi connectivity index (χ2n) is 11.7. The second kappa shape index (κ2) is 15.5. The number of ether oxygens (including phenoxy) is 3. The van der Waals surface area contributed by atoms with Crippen LogP contribution in [0, 0.1) is 11.6 Å². The van der Waals surface area contributed by atoms with Crippen LogP contribution in [0.4, 0.5) is 14.5 Å². The molecule has 3 aromatic rings. The Morgan fingerprint density at radius 3 is 2.47 bits per heavy atom. The standard InChI is InChI=1S/C33H36F2N6O6/c1-32(2,3)47-28(43)13-14-33(31(44)40-37-20-21-17-23(34)19-24(35)18-21)29(26-7-4-5-8-27(26)39-41-36)46-30(38-33)22-9-11-25(12-10-22)45-16-6-15-42/h4-5,7-12,17-19,29,37,42H,6,13-16,20H2,1-3H3,(H,40,44)/t29-,33-/m0/s1. The zero-order valence-electron chi connectivity index (χ0n) is 26.2. The lowest BCUT2D eigenvalue weighted by Gasteiger charge is -2.31. The number of amides is 1.